The van der Waals surface area contributed by atoms with E-state index in [2.05, 4.69) is 15.3 Å². The van der Waals surface area contributed by atoms with Crippen molar-refractivity contribution < 1.29 is 13.2 Å². The number of halogens is 3. The lowest BCUT2D eigenvalue weighted by Crippen LogP contribution is -2.05. The van der Waals surface area contributed by atoms with Crippen LogP contribution in [0.15, 0.2) is 36.5 Å². The van der Waals surface area contributed by atoms with Crippen LogP contribution in [0.4, 0.5) is 29.8 Å². The Bertz CT molecular complexity index is 780. The van der Waals surface area contributed by atoms with Gasteiger partial charge in [-0.1, -0.05) is 11.3 Å². The van der Waals surface area contributed by atoms with Crippen LogP contribution < -0.4 is 11.1 Å². The molecule has 1 aromatic carbocycles. The van der Waals surface area contributed by atoms with Gasteiger partial charge < -0.3 is 11.1 Å². The fourth-order valence-electron chi connectivity index (χ4n) is 1.80. The molecule has 0 amide bonds. The van der Waals surface area contributed by atoms with E-state index >= 15 is 0 Å². The highest BCUT2D eigenvalue weighted by atomic mass is 32.1. The number of nitrogens with one attached hydrogen (secondary N) is 1. The molecule has 0 bridgehead atoms. The third-order valence-electron chi connectivity index (χ3n) is 2.77. The summed E-state index contributed by atoms with van der Waals surface area (Å²) in [6.45, 7) is 0. The largest absolute Gasteiger partial charge is 0.417 e. The zero-order valence-electron chi connectivity index (χ0n) is 10.5. The lowest BCUT2D eigenvalue weighted by molar-refractivity contribution is -0.137. The maximum atomic E-state index is 12.4. The molecule has 0 fully saturated rings. The number of benzene rings is 1. The van der Waals surface area contributed by atoms with Gasteiger partial charge >= 0.3 is 6.18 Å². The number of hydrogen-bond acceptors (Lipinski definition) is 5. The molecule has 108 valence electrons. The first-order valence-electron chi connectivity index (χ1n) is 5.88. The summed E-state index contributed by atoms with van der Waals surface area (Å²) in [5.41, 5.74) is 6.33. The molecule has 8 heteroatoms. The molecular formula is C13H9F3N4S. The SMILES string of the molecule is Nc1nc2ccc(Nc3ccc(C(F)(F)F)cn3)cc2s1. The number of pyridine rings is 1. The van der Waals surface area contributed by atoms with Crippen molar-refractivity contribution in [2.75, 3.05) is 11.1 Å². The third-order valence-corrected chi connectivity index (χ3v) is 3.62. The number of nitrogen functional groups attached to an aromatic ring is 1. The summed E-state index contributed by atoms with van der Waals surface area (Å²) in [6, 6.07) is 7.64. The first kappa shape index (κ1) is 13.6. The number of alkyl halides is 3. The minimum absolute atomic E-state index is 0.333. The molecule has 0 saturated heterocycles. The molecule has 2 aromatic heterocycles. The molecule has 3 rings (SSSR count). The predicted octanol–water partition coefficient (Wildman–Crippen LogP) is 4.04. The van der Waals surface area contributed by atoms with E-state index in [1.165, 1.54) is 17.4 Å². The van der Waals surface area contributed by atoms with E-state index in [1.807, 2.05) is 6.07 Å². The van der Waals surface area contributed by atoms with Crippen molar-refractivity contribution in [2.45, 2.75) is 6.18 Å². The fraction of sp³-hybridized carbons (Fsp3) is 0.0769. The van der Waals surface area contributed by atoms with E-state index in [1.54, 1.807) is 12.1 Å². The molecule has 0 spiro atoms. The Morgan fingerprint density at radius 3 is 2.62 bits per heavy atom. The van der Waals surface area contributed by atoms with Crippen LogP contribution in [0, 0.1) is 0 Å². The minimum Gasteiger partial charge on any atom is -0.375 e. The molecular weight excluding hydrogens is 301 g/mol. The fourth-order valence-corrected chi connectivity index (χ4v) is 2.58. The van der Waals surface area contributed by atoms with Gasteiger partial charge in [0.05, 0.1) is 15.8 Å². The Morgan fingerprint density at radius 2 is 1.95 bits per heavy atom. The van der Waals surface area contributed by atoms with Gasteiger partial charge in [-0.3, -0.25) is 0 Å². The van der Waals surface area contributed by atoms with Gasteiger partial charge in [-0.15, -0.1) is 0 Å². The summed E-state index contributed by atoms with van der Waals surface area (Å²) >= 11 is 1.34. The number of hydrogen-bond donors (Lipinski definition) is 2. The topological polar surface area (TPSA) is 63.8 Å². The predicted molar refractivity (Wildman–Crippen MR) is 76.6 cm³/mol. The number of thiazole rings is 1. The molecule has 0 aliphatic heterocycles. The van der Waals surface area contributed by atoms with Crippen LogP contribution in [0.1, 0.15) is 5.56 Å². The van der Waals surface area contributed by atoms with Gasteiger partial charge in [0.25, 0.3) is 0 Å². The number of nitrogens with two attached hydrogens (primary N) is 1. The molecule has 3 aromatic rings. The highest BCUT2D eigenvalue weighted by molar-refractivity contribution is 7.22. The Hall–Kier alpha value is -2.35. The van der Waals surface area contributed by atoms with E-state index in [4.69, 9.17) is 5.73 Å². The lowest BCUT2D eigenvalue weighted by atomic mass is 10.2. The van der Waals surface area contributed by atoms with Gasteiger partial charge in [0.15, 0.2) is 5.13 Å². The van der Waals surface area contributed by atoms with E-state index in [-0.39, 0.29) is 0 Å². The summed E-state index contributed by atoms with van der Waals surface area (Å²) in [5, 5.41) is 3.41. The average molecular weight is 310 g/mol. The van der Waals surface area contributed by atoms with Gasteiger partial charge in [-0.2, -0.15) is 13.2 Å². The van der Waals surface area contributed by atoms with Crippen molar-refractivity contribution in [3.8, 4) is 0 Å². The van der Waals surface area contributed by atoms with Gasteiger partial charge in [-0.05, 0) is 30.3 Å². The van der Waals surface area contributed by atoms with Crippen LogP contribution in [-0.4, -0.2) is 9.97 Å². The van der Waals surface area contributed by atoms with Crippen LogP contribution in [0.25, 0.3) is 10.2 Å². The quantitative estimate of drug-likeness (QED) is 0.750. The van der Waals surface area contributed by atoms with Crippen LogP contribution in [-0.2, 0) is 6.18 Å². The zero-order valence-corrected chi connectivity index (χ0v) is 11.3. The Balaban J connectivity index is 1.84. The van der Waals surface area contributed by atoms with Crippen LogP contribution >= 0.6 is 11.3 Å². The van der Waals surface area contributed by atoms with Gasteiger partial charge in [0, 0.05) is 11.9 Å². The summed E-state index contributed by atoms with van der Waals surface area (Å²) < 4.78 is 38.2. The van der Waals surface area contributed by atoms with Gasteiger partial charge in [0.1, 0.15) is 5.82 Å². The van der Waals surface area contributed by atoms with Crippen LogP contribution in [0.5, 0.6) is 0 Å². The Labute approximate surface area is 121 Å². The highest BCUT2D eigenvalue weighted by Gasteiger charge is 2.30. The monoisotopic (exact) mass is 310 g/mol. The van der Waals surface area contributed by atoms with Crippen molar-refractivity contribution in [3.05, 3.63) is 42.1 Å². The summed E-state index contributed by atoms with van der Waals surface area (Å²) in [6.07, 6.45) is -3.59. The molecule has 3 N–H and O–H groups in total. The van der Waals surface area contributed by atoms with Crippen molar-refractivity contribution in [1.82, 2.24) is 9.97 Å². The molecule has 0 aliphatic carbocycles. The summed E-state index contributed by atoms with van der Waals surface area (Å²) in [5.74, 6) is 0.333. The molecule has 0 aliphatic rings. The third kappa shape index (κ3) is 2.89. The van der Waals surface area contributed by atoms with Crippen LogP contribution in [0.3, 0.4) is 0 Å². The van der Waals surface area contributed by atoms with Crippen molar-refractivity contribution in [1.29, 1.82) is 0 Å². The Morgan fingerprint density at radius 1 is 1.14 bits per heavy atom. The number of rotatable bonds is 2. The van der Waals surface area contributed by atoms with Crippen molar-refractivity contribution in [2.24, 2.45) is 0 Å². The van der Waals surface area contributed by atoms with Gasteiger partial charge in [-0.25, -0.2) is 9.97 Å². The number of nitrogens with zero attached hydrogens (tertiary/aromatic N) is 2. The molecule has 2 heterocycles. The van der Waals surface area contributed by atoms with E-state index in [0.717, 1.165) is 22.5 Å². The highest BCUT2D eigenvalue weighted by Crippen LogP contribution is 2.30. The second-order valence-electron chi connectivity index (χ2n) is 4.29. The van der Waals surface area contributed by atoms with E-state index in [9.17, 15) is 13.2 Å². The zero-order chi connectivity index (χ0) is 15.0. The first-order chi connectivity index (χ1) is 9.91. The van der Waals surface area contributed by atoms with Crippen molar-refractivity contribution in [3.63, 3.8) is 0 Å². The van der Waals surface area contributed by atoms with E-state index in [0.29, 0.717) is 16.6 Å². The lowest BCUT2D eigenvalue weighted by Gasteiger charge is -2.08. The smallest absolute Gasteiger partial charge is 0.375 e. The van der Waals surface area contributed by atoms with E-state index < -0.39 is 11.7 Å². The first-order valence-corrected chi connectivity index (χ1v) is 6.70. The van der Waals surface area contributed by atoms with Crippen LogP contribution in [0.2, 0.25) is 0 Å². The number of aromatic nitrogens is 2. The average Bonchev–Trinajstić information content (AvgIpc) is 2.78. The summed E-state index contributed by atoms with van der Waals surface area (Å²) in [7, 11) is 0. The Kier molecular flexibility index (Phi) is 3.17. The standard InChI is InChI=1S/C13H9F3N4S/c14-13(15,16)7-1-4-11(18-6-7)19-8-2-3-9-10(5-8)21-12(17)20-9/h1-6H,(H2,17,20)(H,18,19). The maximum absolute atomic E-state index is 12.4. The van der Waals surface area contributed by atoms with Crippen molar-refractivity contribution >= 4 is 38.2 Å². The second-order valence-corrected chi connectivity index (χ2v) is 5.35. The molecule has 0 atom stereocenters. The molecule has 0 saturated carbocycles. The normalized spacial score (nSPS) is 11.8. The molecule has 21 heavy (non-hydrogen) atoms. The molecule has 4 nitrogen and oxygen atoms in total. The number of anilines is 3. The number of fused-ring (bicyclic) bond motifs is 1. The second kappa shape index (κ2) is 4.88. The molecule has 0 radical (unpaired) electrons. The van der Waals surface area contributed by atoms with Gasteiger partial charge in [0.2, 0.25) is 0 Å². The maximum Gasteiger partial charge on any atom is 0.417 e. The molecule has 0 unspecified atom stereocenters. The summed E-state index contributed by atoms with van der Waals surface area (Å²) in [4.78, 5) is 7.89. The minimum atomic E-state index is -4.38.